The summed E-state index contributed by atoms with van der Waals surface area (Å²) >= 11 is 0. The lowest BCUT2D eigenvalue weighted by molar-refractivity contribution is -0.128. The van der Waals surface area contributed by atoms with Crippen LogP contribution in [0.2, 0.25) is 0 Å². The highest BCUT2D eigenvalue weighted by Crippen LogP contribution is 2.13. The minimum Gasteiger partial charge on any atom is -0.481 e. The van der Waals surface area contributed by atoms with Crippen LogP contribution in [-0.2, 0) is 11.2 Å². The van der Waals surface area contributed by atoms with Crippen molar-refractivity contribution in [1.29, 1.82) is 5.26 Å². The second-order valence-corrected chi connectivity index (χ2v) is 5.39. The van der Waals surface area contributed by atoms with Crippen LogP contribution >= 0.6 is 0 Å². The van der Waals surface area contributed by atoms with Gasteiger partial charge in [-0.2, -0.15) is 5.26 Å². The van der Waals surface area contributed by atoms with Crippen LogP contribution in [-0.4, -0.2) is 17.9 Å². The Balaban J connectivity index is 1.85. The molecule has 2 aromatic rings. The fourth-order valence-electron chi connectivity index (χ4n) is 2.05. The van der Waals surface area contributed by atoms with Crippen LogP contribution in [0.3, 0.4) is 0 Å². The number of rotatable bonds is 5. The number of hydrogen-bond donors (Lipinski definition) is 2. The zero-order valence-corrected chi connectivity index (χ0v) is 14.1. The van der Waals surface area contributed by atoms with Gasteiger partial charge in [0.2, 0.25) is 0 Å². The number of amides is 2. The Kier molecular flexibility index (Phi) is 6.13. The standard InChI is InChI=1S/C19H19N3O3/c1-3-14-4-8-16(9-5-14)19(24)22-21-18(23)13(2)25-17-10-6-15(12-20)7-11-17/h4-11,13H,3H2,1-2H3,(H,21,23)(H,22,24). The Morgan fingerprint density at radius 3 is 2.28 bits per heavy atom. The summed E-state index contributed by atoms with van der Waals surface area (Å²) in [4.78, 5) is 24.0. The van der Waals surface area contributed by atoms with Crippen molar-refractivity contribution < 1.29 is 14.3 Å². The summed E-state index contributed by atoms with van der Waals surface area (Å²) in [5.41, 5.74) is 6.79. The quantitative estimate of drug-likeness (QED) is 0.819. The first-order chi connectivity index (χ1) is 12.0. The molecule has 0 radical (unpaired) electrons. The molecule has 0 aromatic heterocycles. The molecule has 0 saturated carbocycles. The predicted octanol–water partition coefficient (Wildman–Crippen LogP) is 2.35. The molecule has 0 bridgehead atoms. The van der Waals surface area contributed by atoms with Gasteiger partial charge in [-0.3, -0.25) is 20.4 Å². The molecular formula is C19H19N3O3. The fraction of sp³-hybridized carbons (Fsp3) is 0.211. The molecule has 0 spiro atoms. The first-order valence-corrected chi connectivity index (χ1v) is 7.89. The summed E-state index contributed by atoms with van der Waals surface area (Å²) in [6.07, 6.45) is 0.0822. The molecule has 0 aliphatic carbocycles. The smallest absolute Gasteiger partial charge is 0.279 e. The molecule has 0 heterocycles. The third kappa shape index (κ3) is 5.08. The lowest BCUT2D eigenvalue weighted by Crippen LogP contribution is -2.47. The van der Waals surface area contributed by atoms with Crippen LogP contribution in [0.4, 0.5) is 0 Å². The van der Waals surface area contributed by atoms with E-state index in [0.717, 1.165) is 12.0 Å². The van der Waals surface area contributed by atoms with Gasteiger partial charge in [-0.1, -0.05) is 19.1 Å². The molecule has 25 heavy (non-hydrogen) atoms. The van der Waals surface area contributed by atoms with Gasteiger partial charge in [0.1, 0.15) is 5.75 Å². The van der Waals surface area contributed by atoms with Gasteiger partial charge in [0.15, 0.2) is 6.10 Å². The zero-order chi connectivity index (χ0) is 18.2. The van der Waals surface area contributed by atoms with Crippen molar-refractivity contribution in [3.05, 3.63) is 65.2 Å². The normalized spacial score (nSPS) is 11.1. The third-order valence-electron chi connectivity index (χ3n) is 3.59. The SMILES string of the molecule is CCc1ccc(C(=O)NNC(=O)C(C)Oc2ccc(C#N)cc2)cc1. The van der Waals surface area contributed by atoms with E-state index in [0.29, 0.717) is 16.9 Å². The van der Waals surface area contributed by atoms with Crippen molar-refractivity contribution in [2.24, 2.45) is 0 Å². The molecule has 6 heteroatoms. The summed E-state index contributed by atoms with van der Waals surface area (Å²) in [7, 11) is 0. The average Bonchev–Trinajstić information content (AvgIpc) is 2.66. The summed E-state index contributed by atoms with van der Waals surface area (Å²) in [6.45, 7) is 3.60. The number of carbonyl (C=O) groups excluding carboxylic acids is 2. The molecule has 0 fully saturated rings. The second-order valence-electron chi connectivity index (χ2n) is 5.39. The molecule has 0 saturated heterocycles. The van der Waals surface area contributed by atoms with Crippen molar-refractivity contribution in [1.82, 2.24) is 10.9 Å². The van der Waals surface area contributed by atoms with Gasteiger partial charge in [0.25, 0.3) is 11.8 Å². The van der Waals surface area contributed by atoms with Crippen molar-refractivity contribution in [2.75, 3.05) is 0 Å². The van der Waals surface area contributed by atoms with Gasteiger partial charge in [-0.05, 0) is 55.3 Å². The van der Waals surface area contributed by atoms with E-state index in [9.17, 15) is 9.59 Å². The summed E-state index contributed by atoms with van der Waals surface area (Å²) in [5.74, 6) is -0.424. The van der Waals surface area contributed by atoms with Crippen LogP contribution < -0.4 is 15.6 Å². The van der Waals surface area contributed by atoms with E-state index in [2.05, 4.69) is 10.9 Å². The number of aryl methyl sites for hydroxylation is 1. The van der Waals surface area contributed by atoms with Crippen LogP contribution in [0.25, 0.3) is 0 Å². The summed E-state index contributed by atoms with van der Waals surface area (Å²) < 4.78 is 5.47. The van der Waals surface area contributed by atoms with Crippen molar-refractivity contribution >= 4 is 11.8 Å². The second kappa shape index (κ2) is 8.50. The molecule has 2 rings (SSSR count). The predicted molar refractivity (Wildman–Crippen MR) is 92.7 cm³/mol. The number of ether oxygens (including phenoxy) is 1. The molecule has 2 aromatic carbocycles. The number of nitrogens with one attached hydrogen (secondary N) is 2. The molecule has 0 aliphatic heterocycles. The van der Waals surface area contributed by atoms with E-state index in [-0.39, 0.29) is 0 Å². The number of hydrogen-bond acceptors (Lipinski definition) is 4. The number of hydrazine groups is 1. The number of nitriles is 1. The maximum atomic E-state index is 12.0. The molecule has 2 amide bonds. The van der Waals surface area contributed by atoms with E-state index in [4.69, 9.17) is 10.00 Å². The molecule has 1 unspecified atom stereocenters. The monoisotopic (exact) mass is 337 g/mol. The summed E-state index contributed by atoms with van der Waals surface area (Å²) in [6, 6.07) is 15.6. The average molecular weight is 337 g/mol. The molecule has 2 N–H and O–H groups in total. The minimum absolute atomic E-state index is 0.401. The van der Waals surface area contributed by atoms with Gasteiger partial charge in [0, 0.05) is 5.56 Å². The van der Waals surface area contributed by atoms with Crippen molar-refractivity contribution in [2.45, 2.75) is 26.4 Å². The Morgan fingerprint density at radius 1 is 1.08 bits per heavy atom. The highest BCUT2D eigenvalue weighted by atomic mass is 16.5. The first-order valence-electron chi connectivity index (χ1n) is 7.89. The first kappa shape index (κ1) is 18.0. The minimum atomic E-state index is -0.810. The van der Waals surface area contributed by atoms with E-state index < -0.39 is 17.9 Å². The largest absolute Gasteiger partial charge is 0.481 e. The maximum Gasteiger partial charge on any atom is 0.279 e. The van der Waals surface area contributed by atoms with Gasteiger partial charge in [0.05, 0.1) is 11.6 Å². The highest BCUT2D eigenvalue weighted by molar-refractivity contribution is 5.95. The fourth-order valence-corrected chi connectivity index (χ4v) is 2.05. The topological polar surface area (TPSA) is 91.2 Å². The molecule has 6 nitrogen and oxygen atoms in total. The Bertz CT molecular complexity index is 777. The molecular weight excluding hydrogens is 318 g/mol. The van der Waals surface area contributed by atoms with Gasteiger partial charge >= 0.3 is 0 Å². The van der Waals surface area contributed by atoms with Gasteiger partial charge < -0.3 is 4.74 Å². The molecule has 128 valence electrons. The Morgan fingerprint density at radius 2 is 1.72 bits per heavy atom. The number of nitrogens with zero attached hydrogens (tertiary/aromatic N) is 1. The lowest BCUT2D eigenvalue weighted by atomic mass is 10.1. The number of benzene rings is 2. The lowest BCUT2D eigenvalue weighted by Gasteiger charge is -2.15. The Labute approximate surface area is 146 Å². The van der Waals surface area contributed by atoms with Crippen LogP contribution in [0, 0.1) is 11.3 Å². The van der Waals surface area contributed by atoms with Crippen LogP contribution in [0.5, 0.6) is 5.75 Å². The van der Waals surface area contributed by atoms with Crippen LogP contribution in [0.15, 0.2) is 48.5 Å². The van der Waals surface area contributed by atoms with E-state index >= 15 is 0 Å². The molecule has 1 atom stereocenters. The van der Waals surface area contributed by atoms with Crippen LogP contribution in [0.1, 0.15) is 35.3 Å². The highest BCUT2D eigenvalue weighted by Gasteiger charge is 2.16. The zero-order valence-electron chi connectivity index (χ0n) is 14.1. The van der Waals surface area contributed by atoms with E-state index in [1.54, 1.807) is 43.3 Å². The molecule has 0 aliphatic rings. The van der Waals surface area contributed by atoms with Gasteiger partial charge in [-0.15, -0.1) is 0 Å². The van der Waals surface area contributed by atoms with E-state index in [1.807, 2.05) is 25.1 Å². The Hall–Kier alpha value is -3.33. The number of carbonyl (C=O) groups is 2. The van der Waals surface area contributed by atoms with Crippen molar-refractivity contribution in [3.8, 4) is 11.8 Å². The third-order valence-corrected chi connectivity index (χ3v) is 3.59. The van der Waals surface area contributed by atoms with E-state index in [1.165, 1.54) is 0 Å². The van der Waals surface area contributed by atoms with Crippen molar-refractivity contribution in [3.63, 3.8) is 0 Å². The van der Waals surface area contributed by atoms with Gasteiger partial charge in [-0.25, -0.2) is 0 Å². The summed E-state index contributed by atoms with van der Waals surface area (Å²) in [5, 5.41) is 8.75. The maximum absolute atomic E-state index is 12.0.